The van der Waals surface area contributed by atoms with Gasteiger partial charge in [0.15, 0.2) is 5.82 Å². The first-order valence-corrected chi connectivity index (χ1v) is 10.8. The first kappa shape index (κ1) is 20.6. The molecule has 8 nitrogen and oxygen atoms in total. The molecule has 0 radical (unpaired) electrons. The highest BCUT2D eigenvalue weighted by Gasteiger charge is 2.14. The molecule has 8 heteroatoms. The highest BCUT2D eigenvalue weighted by molar-refractivity contribution is 6.04. The highest BCUT2D eigenvalue weighted by atomic mass is 16.1. The van der Waals surface area contributed by atoms with Gasteiger partial charge >= 0.3 is 0 Å². The lowest BCUT2D eigenvalue weighted by Gasteiger charge is -2.11. The average Bonchev–Trinajstić information content (AvgIpc) is 3.47. The molecule has 0 atom stereocenters. The second-order valence-electron chi connectivity index (χ2n) is 8.08. The first-order valence-electron chi connectivity index (χ1n) is 10.8. The second kappa shape index (κ2) is 8.66. The van der Waals surface area contributed by atoms with Crippen molar-refractivity contribution in [3.8, 4) is 11.5 Å². The lowest BCUT2D eigenvalue weighted by Crippen LogP contribution is -2.15. The molecule has 0 aliphatic heterocycles. The van der Waals surface area contributed by atoms with Crippen LogP contribution in [0.25, 0.3) is 22.4 Å². The van der Waals surface area contributed by atoms with E-state index in [4.69, 9.17) is 0 Å². The van der Waals surface area contributed by atoms with Crippen LogP contribution >= 0.6 is 0 Å². The molecule has 5 aromatic rings. The number of nitrogens with zero attached hydrogens (tertiary/aromatic N) is 6. The predicted molar refractivity (Wildman–Crippen MR) is 127 cm³/mol. The number of benzene rings is 1. The Morgan fingerprint density at radius 3 is 2.73 bits per heavy atom. The van der Waals surface area contributed by atoms with Gasteiger partial charge in [-0.1, -0.05) is 36.4 Å². The van der Waals surface area contributed by atoms with Crippen molar-refractivity contribution in [3.05, 3.63) is 90.6 Å². The van der Waals surface area contributed by atoms with Crippen LogP contribution in [0.15, 0.2) is 79.4 Å². The number of anilines is 1. The van der Waals surface area contributed by atoms with Crippen molar-refractivity contribution < 1.29 is 4.79 Å². The van der Waals surface area contributed by atoms with Gasteiger partial charge in [0.25, 0.3) is 5.91 Å². The van der Waals surface area contributed by atoms with Crippen LogP contribution in [0.2, 0.25) is 0 Å². The molecule has 0 bridgehead atoms. The van der Waals surface area contributed by atoms with Crippen LogP contribution in [0.3, 0.4) is 0 Å². The Kier molecular flexibility index (Phi) is 5.40. The molecule has 4 heterocycles. The van der Waals surface area contributed by atoms with Gasteiger partial charge in [-0.2, -0.15) is 0 Å². The van der Waals surface area contributed by atoms with E-state index in [0.29, 0.717) is 23.0 Å². The van der Waals surface area contributed by atoms with Crippen LogP contribution in [0, 0.1) is 0 Å². The minimum atomic E-state index is -0.320. The number of hydrogen-bond acceptors (Lipinski definition) is 5. The molecule has 0 unspecified atom stereocenters. The van der Waals surface area contributed by atoms with E-state index in [1.807, 2.05) is 67.1 Å². The third kappa shape index (κ3) is 4.23. The Morgan fingerprint density at radius 2 is 1.91 bits per heavy atom. The molecule has 5 rings (SSSR count). The molecule has 0 aliphatic rings. The Balaban J connectivity index is 1.39. The van der Waals surface area contributed by atoms with Gasteiger partial charge in [-0.25, -0.2) is 4.98 Å². The topological polar surface area (TPSA) is 90.5 Å². The summed E-state index contributed by atoms with van der Waals surface area (Å²) < 4.78 is 4.05. The van der Waals surface area contributed by atoms with Gasteiger partial charge in [0.1, 0.15) is 23.5 Å². The Labute approximate surface area is 191 Å². The minimum Gasteiger partial charge on any atom is -0.343 e. The molecule has 0 saturated carbocycles. The van der Waals surface area contributed by atoms with Gasteiger partial charge in [0.05, 0.1) is 5.52 Å². The van der Waals surface area contributed by atoms with E-state index in [2.05, 4.69) is 42.2 Å². The number of rotatable bonds is 6. The molecule has 33 heavy (non-hydrogen) atoms. The quantitative estimate of drug-likeness (QED) is 0.420. The fourth-order valence-corrected chi connectivity index (χ4v) is 3.74. The summed E-state index contributed by atoms with van der Waals surface area (Å²) in [5, 5.41) is 12.0. The van der Waals surface area contributed by atoms with E-state index in [1.165, 1.54) is 5.56 Å². The van der Waals surface area contributed by atoms with Gasteiger partial charge in [-0.15, -0.1) is 10.2 Å². The maximum absolute atomic E-state index is 13.0. The third-order valence-corrected chi connectivity index (χ3v) is 5.43. The Bertz CT molecular complexity index is 1420. The zero-order valence-corrected chi connectivity index (χ0v) is 18.4. The summed E-state index contributed by atoms with van der Waals surface area (Å²) >= 11 is 0. The largest absolute Gasteiger partial charge is 0.343 e. The maximum atomic E-state index is 13.0. The SMILES string of the molecule is CC(C)n1cnnc1-c1cccc(NC(=O)c2cc3c(ccn3Cc3ccccc3)cn2)n1. The zero-order chi connectivity index (χ0) is 22.8. The van der Waals surface area contributed by atoms with Crippen LogP contribution in [0.1, 0.15) is 35.9 Å². The van der Waals surface area contributed by atoms with Gasteiger partial charge in [-0.3, -0.25) is 9.78 Å². The Morgan fingerprint density at radius 1 is 1.06 bits per heavy atom. The van der Waals surface area contributed by atoms with E-state index < -0.39 is 0 Å². The normalized spacial score (nSPS) is 11.2. The maximum Gasteiger partial charge on any atom is 0.275 e. The standard InChI is InChI=1S/C25H23N7O/c1-17(2)32-16-27-30-24(32)20-9-6-10-23(28-20)29-25(33)21-13-22-19(14-26-21)11-12-31(22)15-18-7-4-3-5-8-18/h3-14,16-17H,15H2,1-2H3,(H,28,29,33). The van der Waals surface area contributed by atoms with Crippen molar-refractivity contribution in [2.75, 3.05) is 5.32 Å². The van der Waals surface area contributed by atoms with Gasteiger partial charge < -0.3 is 14.5 Å². The lowest BCUT2D eigenvalue weighted by atomic mass is 10.2. The number of fused-ring (bicyclic) bond motifs is 1. The summed E-state index contributed by atoms with van der Waals surface area (Å²) in [6.45, 7) is 4.82. The van der Waals surface area contributed by atoms with Gasteiger partial charge in [-0.05, 0) is 43.7 Å². The molecule has 0 fully saturated rings. The molecular formula is C25H23N7O. The molecule has 0 aliphatic carbocycles. The number of amides is 1. The highest BCUT2D eigenvalue weighted by Crippen LogP contribution is 2.21. The predicted octanol–water partition coefficient (Wildman–Crippen LogP) is 4.57. The molecule has 0 saturated heterocycles. The summed E-state index contributed by atoms with van der Waals surface area (Å²) in [6.07, 6.45) is 5.41. The number of aromatic nitrogens is 6. The van der Waals surface area contributed by atoms with Crippen molar-refractivity contribution in [2.24, 2.45) is 0 Å². The number of pyridine rings is 2. The van der Waals surface area contributed by atoms with Crippen molar-refractivity contribution in [1.82, 2.24) is 29.3 Å². The number of nitrogens with one attached hydrogen (secondary N) is 1. The molecule has 1 aromatic carbocycles. The van der Waals surface area contributed by atoms with Crippen LogP contribution in [0.4, 0.5) is 5.82 Å². The zero-order valence-electron chi connectivity index (χ0n) is 18.4. The lowest BCUT2D eigenvalue weighted by molar-refractivity contribution is 0.102. The fourth-order valence-electron chi connectivity index (χ4n) is 3.74. The molecular weight excluding hydrogens is 414 g/mol. The third-order valence-electron chi connectivity index (χ3n) is 5.43. The van der Waals surface area contributed by atoms with Crippen molar-refractivity contribution in [1.29, 1.82) is 0 Å². The van der Waals surface area contributed by atoms with Crippen molar-refractivity contribution in [3.63, 3.8) is 0 Å². The van der Waals surface area contributed by atoms with E-state index >= 15 is 0 Å². The molecule has 164 valence electrons. The smallest absolute Gasteiger partial charge is 0.275 e. The van der Waals surface area contributed by atoms with E-state index in [9.17, 15) is 4.79 Å². The number of carbonyl (C=O) groups excluding carboxylic acids is 1. The van der Waals surface area contributed by atoms with Crippen LogP contribution in [0.5, 0.6) is 0 Å². The molecule has 4 aromatic heterocycles. The van der Waals surface area contributed by atoms with E-state index in [-0.39, 0.29) is 11.9 Å². The van der Waals surface area contributed by atoms with Crippen LogP contribution in [-0.2, 0) is 6.54 Å². The minimum absolute atomic E-state index is 0.193. The fraction of sp³-hybridized carbons (Fsp3) is 0.160. The summed E-state index contributed by atoms with van der Waals surface area (Å²) in [4.78, 5) is 21.9. The van der Waals surface area contributed by atoms with E-state index in [1.54, 1.807) is 18.6 Å². The first-order chi connectivity index (χ1) is 16.1. The van der Waals surface area contributed by atoms with Gasteiger partial charge in [0, 0.05) is 30.4 Å². The number of carbonyl (C=O) groups is 1. The Hall–Kier alpha value is -4.33. The molecule has 1 N–H and O–H groups in total. The monoisotopic (exact) mass is 437 g/mol. The summed E-state index contributed by atoms with van der Waals surface area (Å²) in [7, 11) is 0. The van der Waals surface area contributed by atoms with Crippen LogP contribution < -0.4 is 5.32 Å². The summed E-state index contributed by atoms with van der Waals surface area (Å²) in [5.41, 5.74) is 3.10. The van der Waals surface area contributed by atoms with E-state index in [0.717, 1.165) is 17.4 Å². The van der Waals surface area contributed by atoms with Gasteiger partial charge in [0.2, 0.25) is 0 Å². The average molecular weight is 438 g/mol. The number of hydrogen-bond donors (Lipinski definition) is 1. The summed E-state index contributed by atoms with van der Waals surface area (Å²) in [5.74, 6) is 0.760. The summed E-state index contributed by atoms with van der Waals surface area (Å²) in [6, 6.07) is 19.6. The molecule has 1 amide bonds. The second-order valence-corrected chi connectivity index (χ2v) is 8.08. The van der Waals surface area contributed by atoms with Crippen molar-refractivity contribution >= 4 is 22.6 Å². The van der Waals surface area contributed by atoms with Crippen LogP contribution in [-0.4, -0.2) is 35.2 Å². The van der Waals surface area contributed by atoms with Crippen molar-refractivity contribution in [2.45, 2.75) is 26.4 Å². The molecule has 0 spiro atoms.